The number of aromatic nitrogens is 3. The number of para-hydroxylation sites is 2. The second-order valence-electron chi connectivity index (χ2n) is 9.35. The number of benzene rings is 2. The van der Waals surface area contributed by atoms with E-state index < -0.39 is 0 Å². The molecule has 0 spiro atoms. The maximum absolute atomic E-state index is 12.8. The number of nitrogen functional groups attached to an aromatic ring is 1. The van der Waals surface area contributed by atoms with E-state index in [1.807, 2.05) is 42.6 Å². The van der Waals surface area contributed by atoms with Crippen molar-refractivity contribution in [3.05, 3.63) is 84.1 Å². The summed E-state index contributed by atoms with van der Waals surface area (Å²) in [5.74, 6) is 1.95. The molecule has 34 heavy (non-hydrogen) atoms. The Morgan fingerprint density at radius 1 is 1.03 bits per heavy atom. The first kappa shape index (κ1) is 20.7. The van der Waals surface area contributed by atoms with E-state index in [0.717, 1.165) is 60.5 Å². The number of imidazole rings is 1. The van der Waals surface area contributed by atoms with Crippen molar-refractivity contribution in [3.8, 4) is 0 Å². The zero-order valence-electron chi connectivity index (χ0n) is 18.9. The largest absolute Gasteiger partial charge is 0.382 e. The molecule has 7 heteroatoms. The Bertz CT molecular complexity index is 1320. The van der Waals surface area contributed by atoms with E-state index in [0.29, 0.717) is 5.82 Å². The van der Waals surface area contributed by atoms with Gasteiger partial charge >= 0.3 is 0 Å². The number of nitrogens with two attached hydrogens (primary N) is 1. The lowest BCUT2D eigenvalue weighted by molar-refractivity contribution is -0.120. The lowest BCUT2D eigenvalue weighted by atomic mass is 9.81. The van der Waals surface area contributed by atoms with Gasteiger partial charge in [0.15, 0.2) is 0 Å². The summed E-state index contributed by atoms with van der Waals surface area (Å²) >= 11 is 0. The summed E-state index contributed by atoms with van der Waals surface area (Å²) in [5.41, 5.74) is 11.5. The Morgan fingerprint density at radius 3 is 2.59 bits per heavy atom. The van der Waals surface area contributed by atoms with Crippen molar-refractivity contribution < 1.29 is 4.79 Å². The Hall–Kier alpha value is -3.87. The third-order valence-electron chi connectivity index (χ3n) is 7.24. The van der Waals surface area contributed by atoms with Crippen LogP contribution in [0.1, 0.15) is 54.7 Å². The summed E-state index contributed by atoms with van der Waals surface area (Å²) in [6.07, 6.45) is 8.13. The molecule has 2 aromatic carbocycles. The summed E-state index contributed by atoms with van der Waals surface area (Å²) in [6.45, 7) is 0. The van der Waals surface area contributed by atoms with Crippen LogP contribution >= 0.6 is 0 Å². The first-order chi connectivity index (χ1) is 16.7. The number of anilines is 3. The van der Waals surface area contributed by atoms with Gasteiger partial charge in [0.1, 0.15) is 17.2 Å². The van der Waals surface area contributed by atoms with Crippen molar-refractivity contribution in [2.24, 2.45) is 5.92 Å². The third kappa shape index (κ3) is 3.67. The van der Waals surface area contributed by atoms with Gasteiger partial charge in [-0.3, -0.25) is 9.20 Å². The normalized spacial score (nSPS) is 21.7. The fourth-order valence-electron chi connectivity index (χ4n) is 5.49. The van der Waals surface area contributed by atoms with Crippen LogP contribution in [0.3, 0.4) is 0 Å². The highest BCUT2D eigenvalue weighted by Gasteiger charge is 2.33. The number of hydrogen-bond donors (Lipinski definition) is 3. The van der Waals surface area contributed by atoms with E-state index in [1.165, 1.54) is 5.56 Å². The number of carbonyl (C=O) groups excluding carboxylic acids is 1. The molecule has 1 atom stereocenters. The van der Waals surface area contributed by atoms with Crippen molar-refractivity contribution in [2.45, 2.75) is 44.1 Å². The van der Waals surface area contributed by atoms with Crippen molar-refractivity contribution in [3.63, 3.8) is 0 Å². The highest BCUT2D eigenvalue weighted by Crippen LogP contribution is 2.40. The molecule has 7 nitrogen and oxygen atoms in total. The van der Waals surface area contributed by atoms with E-state index in [-0.39, 0.29) is 23.8 Å². The molecular formula is C27H28N6O. The molecule has 1 amide bonds. The molecule has 172 valence electrons. The van der Waals surface area contributed by atoms with Gasteiger partial charge in [0, 0.05) is 42.0 Å². The van der Waals surface area contributed by atoms with Gasteiger partial charge in [-0.15, -0.1) is 0 Å². The summed E-state index contributed by atoms with van der Waals surface area (Å²) in [7, 11) is 0. The summed E-state index contributed by atoms with van der Waals surface area (Å²) < 4.78 is 2.12. The quantitative estimate of drug-likeness (QED) is 0.408. The highest BCUT2D eigenvalue weighted by atomic mass is 16.1. The molecule has 0 saturated heterocycles. The minimum Gasteiger partial charge on any atom is -0.382 e. The van der Waals surface area contributed by atoms with Crippen LogP contribution in [0.15, 0.2) is 67.0 Å². The smallest absolute Gasteiger partial charge is 0.227 e. The van der Waals surface area contributed by atoms with Gasteiger partial charge in [-0.05, 0) is 49.4 Å². The standard InChI is InChI=1S/C27H28N6O/c28-25-24-23(22-16-19-6-4-5-9-21(19)31-22)32-26(33(24)15-14-29-25)17-10-12-18(13-11-17)27(34)30-20-7-2-1-3-8-20/h1-9,14-15,17-18,22,31H,10-13,16H2,(H2,28,29)(H,30,34). The molecule has 2 aliphatic rings. The molecular weight excluding hydrogens is 424 g/mol. The molecule has 1 unspecified atom stereocenters. The topological polar surface area (TPSA) is 97.3 Å². The van der Waals surface area contributed by atoms with Gasteiger partial charge in [0.25, 0.3) is 0 Å². The number of fused-ring (bicyclic) bond motifs is 2. The molecule has 6 rings (SSSR count). The molecule has 2 aromatic heterocycles. The minimum atomic E-state index is 0.0277. The molecule has 0 radical (unpaired) electrons. The average Bonchev–Trinajstić information content (AvgIpc) is 3.47. The number of nitrogens with zero attached hydrogens (tertiary/aromatic N) is 3. The van der Waals surface area contributed by atoms with Gasteiger partial charge in [-0.2, -0.15) is 0 Å². The molecule has 4 aromatic rings. The number of nitrogens with one attached hydrogen (secondary N) is 2. The number of carbonyl (C=O) groups is 1. The maximum Gasteiger partial charge on any atom is 0.227 e. The van der Waals surface area contributed by atoms with Crippen LogP contribution in [0.4, 0.5) is 17.2 Å². The Morgan fingerprint density at radius 2 is 1.79 bits per heavy atom. The van der Waals surface area contributed by atoms with Crippen LogP contribution in [-0.2, 0) is 11.2 Å². The molecule has 3 heterocycles. The van der Waals surface area contributed by atoms with Gasteiger partial charge in [0.05, 0.1) is 11.7 Å². The number of rotatable bonds is 4. The van der Waals surface area contributed by atoms with Crippen LogP contribution in [0, 0.1) is 5.92 Å². The zero-order chi connectivity index (χ0) is 23.1. The lowest BCUT2D eigenvalue weighted by Crippen LogP contribution is -2.27. The minimum absolute atomic E-state index is 0.0277. The zero-order valence-corrected chi connectivity index (χ0v) is 18.9. The van der Waals surface area contributed by atoms with Crippen LogP contribution in [0.5, 0.6) is 0 Å². The molecule has 1 aliphatic carbocycles. The molecule has 1 fully saturated rings. The summed E-state index contributed by atoms with van der Waals surface area (Å²) in [5, 5.41) is 6.68. The SMILES string of the molecule is Nc1nccn2c(C3CCC(C(=O)Nc4ccccc4)CC3)nc(C3Cc4ccccc4N3)c12. The van der Waals surface area contributed by atoms with E-state index in [9.17, 15) is 4.79 Å². The first-order valence-corrected chi connectivity index (χ1v) is 12.0. The molecule has 0 bridgehead atoms. The Labute approximate surface area is 198 Å². The molecule has 1 saturated carbocycles. The number of hydrogen-bond acceptors (Lipinski definition) is 5. The Kier molecular flexibility index (Phi) is 5.17. The van der Waals surface area contributed by atoms with E-state index in [1.54, 1.807) is 6.20 Å². The lowest BCUT2D eigenvalue weighted by Gasteiger charge is -2.27. The van der Waals surface area contributed by atoms with Crippen LogP contribution < -0.4 is 16.4 Å². The Balaban J connectivity index is 1.23. The predicted molar refractivity (Wildman–Crippen MR) is 134 cm³/mol. The van der Waals surface area contributed by atoms with Gasteiger partial charge < -0.3 is 16.4 Å². The van der Waals surface area contributed by atoms with Crippen molar-refractivity contribution in [1.29, 1.82) is 0 Å². The van der Waals surface area contributed by atoms with Crippen molar-refractivity contribution in [2.75, 3.05) is 16.4 Å². The highest BCUT2D eigenvalue weighted by molar-refractivity contribution is 5.92. The van der Waals surface area contributed by atoms with Gasteiger partial charge in [-0.25, -0.2) is 9.97 Å². The van der Waals surface area contributed by atoms with Crippen LogP contribution in [-0.4, -0.2) is 20.3 Å². The summed E-state index contributed by atoms with van der Waals surface area (Å²) in [4.78, 5) is 22.3. The molecule has 1 aliphatic heterocycles. The van der Waals surface area contributed by atoms with Crippen molar-refractivity contribution in [1.82, 2.24) is 14.4 Å². The maximum atomic E-state index is 12.8. The average molecular weight is 453 g/mol. The van der Waals surface area contributed by atoms with E-state index in [4.69, 9.17) is 10.7 Å². The second-order valence-corrected chi connectivity index (χ2v) is 9.35. The van der Waals surface area contributed by atoms with Crippen molar-refractivity contribution >= 4 is 28.6 Å². The van der Waals surface area contributed by atoms with Gasteiger partial charge in [-0.1, -0.05) is 36.4 Å². The predicted octanol–water partition coefficient (Wildman–Crippen LogP) is 4.93. The molecule has 4 N–H and O–H groups in total. The third-order valence-corrected chi connectivity index (χ3v) is 7.24. The first-order valence-electron chi connectivity index (χ1n) is 12.0. The number of amides is 1. The fourth-order valence-corrected chi connectivity index (χ4v) is 5.49. The van der Waals surface area contributed by atoms with E-state index in [2.05, 4.69) is 38.2 Å². The summed E-state index contributed by atoms with van der Waals surface area (Å²) in [6, 6.07) is 18.1. The monoisotopic (exact) mass is 452 g/mol. The fraction of sp³-hybridized carbons (Fsp3) is 0.296. The second kappa shape index (κ2) is 8.48. The van der Waals surface area contributed by atoms with Gasteiger partial charge in [0.2, 0.25) is 5.91 Å². The van der Waals surface area contributed by atoms with E-state index >= 15 is 0 Å². The van der Waals surface area contributed by atoms with Crippen LogP contribution in [0.2, 0.25) is 0 Å². The van der Waals surface area contributed by atoms with Crippen LogP contribution in [0.25, 0.3) is 5.52 Å².